The van der Waals surface area contributed by atoms with E-state index in [1.807, 2.05) is 6.92 Å². The van der Waals surface area contributed by atoms with Crippen LogP contribution < -0.4 is 5.32 Å². The van der Waals surface area contributed by atoms with Gasteiger partial charge in [-0.3, -0.25) is 4.79 Å². The van der Waals surface area contributed by atoms with Gasteiger partial charge in [0.2, 0.25) is 0 Å². The summed E-state index contributed by atoms with van der Waals surface area (Å²) in [6.07, 6.45) is 0. The normalized spacial score (nSPS) is 19.7. The van der Waals surface area contributed by atoms with E-state index in [1.165, 1.54) is 0 Å². The molecule has 1 saturated heterocycles. The molecule has 1 aliphatic heterocycles. The van der Waals surface area contributed by atoms with Crippen molar-refractivity contribution in [1.82, 2.24) is 9.88 Å². The van der Waals surface area contributed by atoms with E-state index < -0.39 is 0 Å². The van der Waals surface area contributed by atoms with Crippen LogP contribution in [0.15, 0.2) is 12.1 Å². The minimum atomic E-state index is -0.145. The topological polar surface area (TPSA) is 54.5 Å². The van der Waals surface area contributed by atoms with Gasteiger partial charge < -0.3 is 15.0 Å². The number of morpholine rings is 1. The van der Waals surface area contributed by atoms with E-state index in [0.29, 0.717) is 30.6 Å². The van der Waals surface area contributed by atoms with Crippen molar-refractivity contribution in [2.45, 2.75) is 13.0 Å². The zero-order chi connectivity index (χ0) is 13.1. The summed E-state index contributed by atoms with van der Waals surface area (Å²) in [4.78, 5) is 18.4. The predicted molar refractivity (Wildman–Crippen MR) is 70.1 cm³/mol. The molecule has 0 aliphatic carbocycles. The first kappa shape index (κ1) is 13.1. The molecule has 2 heterocycles. The standard InChI is InChI=1S/C12H16ClN3O2/c1-8-7-18-6-5-16(8)12(17)11-9(13)3-4-10(14-2)15-11/h3-4,8H,5-7H2,1-2H3,(H,14,15). The van der Waals surface area contributed by atoms with Crippen LogP contribution in [0.2, 0.25) is 5.02 Å². The van der Waals surface area contributed by atoms with Gasteiger partial charge in [0.1, 0.15) is 11.5 Å². The van der Waals surface area contributed by atoms with Gasteiger partial charge >= 0.3 is 0 Å². The zero-order valence-corrected chi connectivity index (χ0v) is 11.2. The van der Waals surface area contributed by atoms with Gasteiger partial charge in [-0.25, -0.2) is 4.98 Å². The van der Waals surface area contributed by atoms with Gasteiger partial charge in [0.25, 0.3) is 5.91 Å². The van der Waals surface area contributed by atoms with Crippen LogP contribution in [0.1, 0.15) is 17.4 Å². The lowest BCUT2D eigenvalue weighted by Crippen LogP contribution is -2.47. The molecule has 1 aliphatic rings. The number of aromatic nitrogens is 1. The lowest BCUT2D eigenvalue weighted by molar-refractivity contribution is 0.00329. The molecule has 1 N–H and O–H groups in total. The third-order valence-corrected chi connectivity index (χ3v) is 3.24. The molecule has 98 valence electrons. The van der Waals surface area contributed by atoms with Gasteiger partial charge in [-0.2, -0.15) is 0 Å². The number of hydrogen-bond acceptors (Lipinski definition) is 4. The molecular formula is C12H16ClN3O2. The van der Waals surface area contributed by atoms with Gasteiger partial charge in [-0.1, -0.05) is 11.6 Å². The first-order chi connectivity index (χ1) is 8.63. The van der Waals surface area contributed by atoms with Crippen molar-refractivity contribution in [3.05, 3.63) is 22.8 Å². The number of hydrogen-bond donors (Lipinski definition) is 1. The number of halogens is 1. The molecule has 1 aromatic rings. The first-order valence-corrected chi connectivity index (χ1v) is 6.24. The monoisotopic (exact) mass is 269 g/mol. The molecule has 18 heavy (non-hydrogen) atoms. The summed E-state index contributed by atoms with van der Waals surface area (Å²) < 4.78 is 5.31. The summed E-state index contributed by atoms with van der Waals surface area (Å²) >= 11 is 6.05. The predicted octanol–water partition coefficient (Wildman–Crippen LogP) is 1.64. The van der Waals surface area contributed by atoms with E-state index in [1.54, 1.807) is 24.1 Å². The van der Waals surface area contributed by atoms with E-state index in [4.69, 9.17) is 16.3 Å². The maximum absolute atomic E-state index is 12.4. The Kier molecular flexibility index (Phi) is 4.04. The Labute approximate surface area is 111 Å². The maximum atomic E-state index is 12.4. The van der Waals surface area contributed by atoms with Crippen LogP contribution in [0.3, 0.4) is 0 Å². The number of nitrogens with zero attached hydrogens (tertiary/aromatic N) is 2. The molecule has 0 spiro atoms. The van der Waals surface area contributed by atoms with Crippen molar-refractivity contribution < 1.29 is 9.53 Å². The number of amides is 1. The summed E-state index contributed by atoms with van der Waals surface area (Å²) in [6, 6.07) is 3.46. The van der Waals surface area contributed by atoms with Crippen LogP contribution in [-0.2, 0) is 4.74 Å². The number of rotatable bonds is 2. The van der Waals surface area contributed by atoms with Gasteiger partial charge in [0, 0.05) is 13.6 Å². The number of carbonyl (C=O) groups is 1. The highest BCUT2D eigenvalue weighted by Crippen LogP contribution is 2.20. The fraction of sp³-hybridized carbons (Fsp3) is 0.500. The molecule has 5 nitrogen and oxygen atoms in total. The highest BCUT2D eigenvalue weighted by atomic mass is 35.5. The van der Waals surface area contributed by atoms with Crippen LogP contribution in [0.25, 0.3) is 0 Å². The molecule has 0 aromatic carbocycles. The largest absolute Gasteiger partial charge is 0.377 e. The van der Waals surface area contributed by atoms with Gasteiger partial charge in [0.15, 0.2) is 0 Å². The van der Waals surface area contributed by atoms with Crippen LogP contribution >= 0.6 is 11.6 Å². The molecule has 0 radical (unpaired) electrons. The van der Waals surface area contributed by atoms with E-state index in [-0.39, 0.29) is 17.6 Å². The Morgan fingerprint density at radius 3 is 3.06 bits per heavy atom. The van der Waals surface area contributed by atoms with Crippen LogP contribution in [0.5, 0.6) is 0 Å². The fourth-order valence-electron chi connectivity index (χ4n) is 1.90. The SMILES string of the molecule is CNc1ccc(Cl)c(C(=O)N2CCOCC2C)n1. The van der Waals surface area contributed by atoms with E-state index in [9.17, 15) is 4.79 Å². The highest BCUT2D eigenvalue weighted by molar-refractivity contribution is 6.33. The minimum Gasteiger partial charge on any atom is -0.377 e. The molecule has 0 saturated carbocycles. The average Bonchev–Trinajstić information content (AvgIpc) is 2.39. The summed E-state index contributed by atoms with van der Waals surface area (Å²) in [6.45, 7) is 3.63. The second-order valence-corrected chi connectivity index (χ2v) is 4.61. The Hall–Kier alpha value is -1.33. The summed E-state index contributed by atoms with van der Waals surface area (Å²) in [7, 11) is 1.75. The second kappa shape index (κ2) is 5.54. The quantitative estimate of drug-likeness (QED) is 0.887. The lowest BCUT2D eigenvalue weighted by atomic mass is 10.2. The van der Waals surface area contributed by atoms with Crippen molar-refractivity contribution >= 4 is 23.3 Å². The highest BCUT2D eigenvalue weighted by Gasteiger charge is 2.27. The van der Waals surface area contributed by atoms with E-state index in [0.717, 1.165) is 0 Å². The molecule has 0 bridgehead atoms. The Balaban J connectivity index is 2.27. The number of pyridine rings is 1. The molecule has 1 amide bonds. The van der Waals surface area contributed by atoms with Crippen LogP contribution in [0, 0.1) is 0 Å². The molecule has 1 aromatic heterocycles. The fourth-order valence-corrected chi connectivity index (χ4v) is 2.08. The summed E-state index contributed by atoms with van der Waals surface area (Å²) in [5.74, 6) is 0.483. The van der Waals surface area contributed by atoms with E-state index >= 15 is 0 Å². The van der Waals surface area contributed by atoms with Gasteiger partial charge in [-0.05, 0) is 19.1 Å². The van der Waals surface area contributed by atoms with Crippen LogP contribution in [-0.4, -0.2) is 48.6 Å². The molecule has 1 unspecified atom stereocenters. The smallest absolute Gasteiger partial charge is 0.274 e. The molecular weight excluding hydrogens is 254 g/mol. The second-order valence-electron chi connectivity index (χ2n) is 4.20. The average molecular weight is 270 g/mol. The summed E-state index contributed by atoms with van der Waals surface area (Å²) in [5, 5.41) is 3.27. The van der Waals surface area contributed by atoms with Gasteiger partial charge in [-0.15, -0.1) is 0 Å². The Morgan fingerprint density at radius 1 is 1.61 bits per heavy atom. The first-order valence-electron chi connectivity index (χ1n) is 5.86. The molecule has 6 heteroatoms. The molecule has 1 fully saturated rings. The third kappa shape index (κ3) is 2.57. The van der Waals surface area contributed by atoms with Crippen molar-refractivity contribution in [3.8, 4) is 0 Å². The maximum Gasteiger partial charge on any atom is 0.274 e. The Morgan fingerprint density at radius 2 is 2.39 bits per heavy atom. The van der Waals surface area contributed by atoms with Crippen molar-refractivity contribution in [2.75, 3.05) is 32.1 Å². The zero-order valence-electron chi connectivity index (χ0n) is 10.4. The Bertz CT molecular complexity index is 453. The number of nitrogens with one attached hydrogen (secondary N) is 1. The number of ether oxygens (including phenoxy) is 1. The molecule has 1 atom stereocenters. The van der Waals surface area contributed by atoms with Crippen molar-refractivity contribution in [1.29, 1.82) is 0 Å². The lowest BCUT2D eigenvalue weighted by Gasteiger charge is -2.33. The minimum absolute atomic E-state index is 0.0439. The van der Waals surface area contributed by atoms with E-state index in [2.05, 4.69) is 10.3 Å². The molecule has 2 rings (SSSR count). The van der Waals surface area contributed by atoms with Gasteiger partial charge in [0.05, 0.1) is 24.3 Å². The third-order valence-electron chi connectivity index (χ3n) is 2.93. The van der Waals surface area contributed by atoms with Crippen LogP contribution in [0.4, 0.5) is 5.82 Å². The number of anilines is 1. The summed E-state index contributed by atoms with van der Waals surface area (Å²) in [5.41, 5.74) is 0.289. The van der Waals surface area contributed by atoms with Crippen molar-refractivity contribution in [2.24, 2.45) is 0 Å². The number of carbonyl (C=O) groups excluding carboxylic acids is 1. The van der Waals surface area contributed by atoms with Crippen molar-refractivity contribution in [3.63, 3.8) is 0 Å².